The number of ether oxygens (including phenoxy) is 2. The molecular formula is C15H22BrNO4. The maximum atomic E-state index is 11.8. The lowest BCUT2D eigenvalue weighted by Gasteiger charge is -2.35. The van der Waals surface area contributed by atoms with Gasteiger partial charge >= 0.3 is 6.09 Å². The Labute approximate surface area is 134 Å². The van der Waals surface area contributed by atoms with Gasteiger partial charge in [0.25, 0.3) is 0 Å². The van der Waals surface area contributed by atoms with Crippen LogP contribution in [0.1, 0.15) is 20.8 Å². The minimum absolute atomic E-state index is 0.0972. The number of halogens is 1. The van der Waals surface area contributed by atoms with Gasteiger partial charge in [0, 0.05) is 10.0 Å². The van der Waals surface area contributed by atoms with Crippen molar-refractivity contribution in [2.45, 2.75) is 32.4 Å². The molecule has 6 heteroatoms. The summed E-state index contributed by atoms with van der Waals surface area (Å²) < 4.78 is 11.2. The van der Waals surface area contributed by atoms with Gasteiger partial charge < -0.3 is 19.5 Å². The maximum Gasteiger partial charge on any atom is 0.410 e. The fourth-order valence-electron chi connectivity index (χ4n) is 1.75. The van der Waals surface area contributed by atoms with Crippen molar-refractivity contribution in [3.63, 3.8) is 0 Å². The molecule has 0 fully saturated rings. The highest BCUT2D eigenvalue weighted by molar-refractivity contribution is 9.10. The van der Waals surface area contributed by atoms with Gasteiger partial charge in [-0.05, 0) is 39.0 Å². The quantitative estimate of drug-likeness (QED) is 0.877. The number of benzene rings is 1. The molecule has 0 heterocycles. The number of aliphatic hydroxyl groups is 1. The van der Waals surface area contributed by atoms with Gasteiger partial charge in [0.05, 0.1) is 13.7 Å². The smallest absolute Gasteiger partial charge is 0.410 e. The van der Waals surface area contributed by atoms with Crippen LogP contribution in [-0.2, 0) is 4.74 Å². The van der Waals surface area contributed by atoms with Gasteiger partial charge in [-0.2, -0.15) is 0 Å². The van der Waals surface area contributed by atoms with Gasteiger partial charge in [0.15, 0.2) is 0 Å². The number of amides is 1. The number of nitrogens with zero attached hydrogens (tertiary/aromatic N) is 1. The zero-order valence-electron chi connectivity index (χ0n) is 12.8. The maximum absolute atomic E-state index is 11.8. The van der Waals surface area contributed by atoms with Gasteiger partial charge in [0.1, 0.15) is 18.5 Å². The lowest BCUT2D eigenvalue weighted by Crippen LogP contribution is -2.50. The van der Waals surface area contributed by atoms with Gasteiger partial charge in [-0.15, -0.1) is 0 Å². The van der Waals surface area contributed by atoms with E-state index in [2.05, 4.69) is 15.9 Å². The fourth-order valence-corrected chi connectivity index (χ4v) is 2.12. The van der Waals surface area contributed by atoms with Crippen molar-refractivity contribution < 1.29 is 19.4 Å². The van der Waals surface area contributed by atoms with Crippen LogP contribution in [0.15, 0.2) is 28.7 Å². The van der Waals surface area contributed by atoms with Crippen LogP contribution in [0.5, 0.6) is 5.75 Å². The second-order valence-corrected chi connectivity index (χ2v) is 6.59. The van der Waals surface area contributed by atoms with Crippen LogP contribution in [0, 0.1) is 0 Å². The number of carbonyl (C=O) groups is 1. The molecule has 0 spiro atoms. The van der Waals surface area contributed by atoms with E-state index in [1.807, 2.05) is 39.0 Å². The largest absolute Gasteiger partial charge is 0.491 e. The number of methoxy groups -OCH3 is 1. The summed E-state index contributed by atoms with van der Waals surface area (Å²) in [5.74, 6) is 0.656. The Morgan fingerprint density at radius 1 is 1.43 bits per heavy atom. The Morgan fingerprint density at radius 2 is 2.10 bits per heavy atom. The molecule has 0 unspecified atom stereocenters. The summed E-state index contributed by atoms with van der Waals surface area (Å²) in [4.78, 5) is 13.2. The number of β-amino-alcohol motifs (C(OH)–C–C–N with tert-alkyl or cyclic N) is 1. The van der Waals surface area contributed by atoms with E-state index in [0.29, 0.717) is 5.75 Å². The van der Waals surface area contributed by atoms with Crippen molar-refractivity contribution in [2.75, 3.05) is 20.3 Å². The molecule has 0 aliphatic carbocycles. The molecule has 1 aromatic rings. The van der Waals surface area contributed by atoms with Crippen LogP contribution in [0.3, 0.4) is 0 Å². The standard InChI is InChI=1S/C15H22BrNO4/c1-15(2,3)17(14(19)20-4)9-12(18)10-21-13-7-5-6-11(16)8-13/h5-8,12,18H,9-10H2,1-4H3/t12-/m0/s1. The molecule has 0 aliphatic rings. The van der Waals surface area contributed by atoms with Crippen LogP contribution in [0.25, 0.3) is 0 Å². The number of carbonyl (C=O) groups excluding carboxylic acids is 1. The molecule has 1 N–H and O–H groups in total. The van der Waals surface area contributed by atoms with Crippen LogP contribution in [-0.4, -0.2) is 48.0 Å². The first-order valence-corrected chi connectivity index (χ1v) is 7.45. The first-order valence-electron chi connectivity index (χ1n) is 6.66. The van der Waals surface area contributed by atoms with E-state index in [1.54, 1.807) is 6.07 Å². The Bertz CT molecular complexity index is 473. The van der Waals surface area contributed by atoms with Gasteiger partial charge in [-0.1, -0.05) is 22.0 Å². The number of hydrogen-bond acceptors (Lipinski definition) is 4. The molecule has 21 heavy (non-hydrogen) atoms. The van der Waals surface area contributed by atoms with E-state index >= 15 is 0 Å². The van der Waals surface area contributed by atoms with Crippen molar-refractivity contribution in [2.24, 2.45) is 0 Å². The van der Waals surface area contributed by atoms with Crippen molar-refractivity contribution in [3.8, 4) is 5.75 Å². The van der Waals surface area contributed by atoms with E-state index < -0.39 is 17.7 Å². The summed E-state index contributed by atoms with van der Waals surface area (Å²) >= 11 is 3.35. The number of rotatable bonds is 5. The SMILES string of the molecule is COC(=O)N(C[C@H](O)COc1cccc(Br)c1)C(C)(C)C. The molecule has 1 atom stereocenters. The molecule has 0 aliphatic heterocycles. The number of hydrogen-bond donors (Lipinski definition) is 1. The van der Waals surface area contributed by atoms with E-state index in [1.165, 1.54) is 12.0 Å². The average molecular weight is 360 g/mol. The Balaban J connectivity index is 2.58. The van der Waals surface area contributed by atoms with Crippen molar-refractivity contribution in [1.29, 1.82) is 0 Å². The third kappa shape index (κ3) is 5.93. The monoisotopic (exact) mass is 359 g/mol. The van der Waals surface area contributed by atoms with Crippen LogP contribution in [0.4, 0.5) is 4.79 Å². The zero-order chi connectivity index (χ0) is 16.0. The molecule has 0 aromatic heterocycles. The van der Waals surface area contributed by atoms with Crippen molar-refractivity contribution >= 4 is 22.0 Å². The molecule has 1 amide bonds. The second-order valence-electron chi connectivity index (χ2n) is 5.67. The summed E-state index contributed by atoms with van der Waals surface area (Å²) in [5.41, 5.74) is -0.441. The summed E-state index contributed by atoms with van der Waals surface area (Å²) in [6.45, 7) is 5.88. The summed E-state index contributed by atoms with van der Waals surface area (Å²) in [6, 6.07) is 7.36. The van der Waals surface area contributed by atoms with Gasteiger partial charge in [0.2, 0.25) is 0 Å². The molecule has 0 saturated heterocycles. The molecule has 0 radical (unpaired) electrons. The fraction of sp³-hybridized carbons (Fsp3) is 0.533. The topological polar surface area (TPSA) is 59.0 Å². The first-order chi connectivity index (χ1) is 9.74. The number of aliphatic hydroxyl groups excluding tert-OH is 1. The third-order valence-electron chi connectivity index (χ3n) is 2.84. The highest BCUT2D eigenvalue weighted by Crippen LogP contribution is 2.19. The predicted molar refractivity (Wildman–Crippen MR) is 84.5 cm³/mol. The summed E-state index contributed by atoms with van der Waals surface area (Å²) in [5, 5.41) is 10.1. The zero-order valence-corrected chi connectivity index (χ0v) is 14.4. The van der Waals surface area contributed by atoms with Gasteiger partial charge in [-0.3, -0.25) is 0 Å². The lowest BCUT2D eigenvalue weighted by molar-refractivity contribution is 0.0290. The van der Waals surface area contributed by atoms with Crippen LogP contribution in [0.2, 0.25) is 0 Å². The minimum atomic E-state index is -0.803. The lowest BCUT2D eigenvalue weighted by atomic mass is 10.1. The van der Waals surface area contributed by atoms with Crippen molar-refractivity contribution in [1.82, 2.24) is 4.90 Å². The average Bonchev–Trinajstić information content (AvgIpc) is 2.40. The molecule has 1 aromatic carbocycles. The van der Waals surface area contributed by atoms with Gasteiger partial charge in [-0.25, -0.2) is 4.79 Å². The Hall–Kier alpha value is -1.27. The third-order valence-corrected chi connectivity index (χ3v) is 3.33. The molecule has 118 valence electrons. The van der Waals surface area contributed by atoms with Crippen LogP contribution < -0.4 is 4.74 Å². The second kappa shape index (κ2) is 7.66. The summed E-state index contributed by atoms with van der Waals surface area (Å²) in [6.07, 6.45) is -1.27. The van der Waals surface area contributed by atoms with E-state index in [0.717, 1.165) is 4.47 Å². The van der Waals surface area contributed by atoms with E-state index in [9.17, 15) is 9.90 Å². The van der Waals surface area contributed by atoms with Crippen LogP contribution >= 0.6 is 15.9 Å². The van der Waals surface area contributed by atoms with Crippen molar-refractivity contribution in [3.05, 3.63) is 28.7 Å². The minimum Gasteiger partial charge on any atom is -0.491 e. The highest BCUT2D eigenvalue weighted by Gasteiger charge is 2.29. The molecule has 5 nitrogen and oxygen atoms in total. The van der Waals surface area contributed by atoms with E-state index in [4.69, 9.17) is 9.47 Å². The van der Waals surface area contributed by atoms with E-state index in [-0.39, 0.29) is 13.2 Å². The Kier molecular flexibility index (Phi) is 6.48. The highest BCUT2D eigenvalue weighted by atomic mass is 79.9. The molecule has 0 saturated carbocycles. The first kappa shape index (κ1) is 17.8. The summed E-state index contributed by atoms with van der Waals surface area (Å²) in [7, 11) is 1.32. The Morgan fingerprint density at radius 3 is 2.62 bits per heavy atom. The predicted octanol–water partition coefficient (Wildman–Crippen LogP) is 3.06. The normalized spacial score (nSPS) is 12.7. The molecular weight excluding hydrogens is 338 g/mol. The molecule has 0 bridgehead atoms. The molecule has 1 rings (SSSR count).